The molecule has 0 atom stereocenters. The summed E-state index contributed by atoms with van der Waals surface area (Å²) < 4.78 is 23.9. The van der Waals surface area contributed by atoms with Crippen molar-refractivity contribution >= 4 is 26.3 Å². The summed E-state index contributed by atoms with van der Waals surface area (Å²) >= 11 is 1.47. The summed E-state index contributed by atoms with van der Waals surface area (Å²) in [6.07, 6.45) is 3.06. The van der Waals surface area contributed by atoms with Gasteiger partial charge in [-0.1, -0.05) is 13.8 Å². The molecule has 0 bridgehead atoms. The van der Waals surface area contributed by atoms with Gasteiger partial charge in [0.2, 0.25) is 0 Å². The van der Waals surface area contributed by atoms with E-state index in [4.69, 9.17) is 5.14 Å². The van der Waals surface area contributed by atoms with Gasteiger partial charge in [0, 0.05) is 11.1 Å². The smallest absolute Gasteiger partial charge is 0.255 e. The third kappa shape index (κ3) is 1.77. The topological polar surface area (TPSA) is 77.5 Å². The molecule has 0 aliphatic heterocycles. The van der Waals surface area contributed by atoms with E-state index in [1.54, 1.807) is 6.20 Å². The number of nitrogens with zero attached hydrogens (tertiary/aromatic N) is 2. The minimum Gasteiger partial charge on any atom is -0.280 e. The Morgan fingerprint density at radius 2 is 2.20 bits per heavy atom. The molecule has 0 aliphatic rings. The maximum Gasteiger partial charge on any atom is 0.255 e. The van der Waals surface area contributed by atoms with Gasteiger partial charge in [-0.3, -0.25) is 4.40 Å². The minimum absolute atomic E-state index is 0.0423. The summed E-state index contributed by atoms with van der Waals surface area (Å²) in [5.41, 5.74) is 0. The van der Waals surface area contributed by atoms with Gasteiger partial charge in [0.1, 0.15) is 0 Å². The fourth-order valence-corrected chi connectivity index (χ4v) is 2.89. The normalized spacial score (nSPS) is 12.8. The van der Waals surface area contributed by atoms with Gasteiger partial charge < -0.3 is 0 Å². The van der Waals surface area contributed by atoms with Crippen molar-refractivity contribution in [3.63, 3.8) is 0 Å². The van der Waals surface area contributed by atoms with Crippen LogP contribution in [-0.4, -0.2) is 17.8 Å². The first kappa shape index (κ1) is 10.6. The Bertz CT molecular complexity index is 594. The number of hydrogen-bond acceptors (Lipinski definition) is 4. The zero-order chi connectivity index (χ0) is 11.2. The zero-order valence-corrected chi connectivity index (χ0v) is 9.97. The van der Waals surface area contributed by atoms with Crippen molar-refractivity contribution in [3.8, 4) is 0 Å². The van der Waals surface area contributed by atoms with Crippen molar-refractivity contribution in [2.24, 2.45) is 5.14 Å². The molecule has 7 heteroatoms. The highest BCUT2D eigenvalue weighted by atomic mass is 32.2. The van der Waals surface area contributed by atoms with E-state index in [0.29, 0.717) is 10.9 Å². The first-order valence-corrected chi connectivity index (χ1v) is 6.75. The molecular weight excluding hydrogens is 234 g/mol. The highest BCUT2D eigenvalue weighted by Crippen LogP contribution is 2.26. The quantitative estimate of drug-likeness (QED) is 0.862. The second-order valence-corrected chi connectivity index (χ2v) is 6.13. The highest BCUT2D eigenvalue weighted by molar-refractivity contribution is 7.89. The molecule has 0 amide bonds. The standard InChI is InChI=1S/C8H11N3O2S2/c1-5(2)6-4-11-7(15(9,12)13)3-10-8(11)14-6/h3-5H,1-2H3,(H2,9,12,13). The Balaban J connectivity index is 2.70. The van der Waals surface area contributed by atoms with Gasteiger partial charge in [0.15, 0.2) is 9.99 Å². The van der Waals surface area contributed by atoms with Crippen LogP contribution < -0.4 is 5.14 Å². The third-order valence-electron chi connectivity index (χ3n) is 2.05. The summed E-state index contributed by atoms with van der Waals surface area (Å²) in [5, 5.41) is 5.11. The summed E-state index contributed by atoms with van der Waals surface area (Å²) in [7, 11) is -3.69. The lowest BCUT2D eigenvalue weighted by molar-refractivity contribution is 0.593. The zero-order valence-electron chi connectivity index (χ0n) is 8.34. The second-order valence-electron chi connectivity index (χ2n) is 3.58. The molecule has 0 unspecified atom stereocenters. The van der Waals surface area contributed by atoms with E-state index in [1.807, 2.05) is 13.8 Å². The molecule has 0 spiro atoms. The molecule has 2 aromatic heterocycles. The molecule has 2 N–H and O–H groups in total. The van der Waals surface area contributed by atoms with Crippen LogP contribution in [0.15, 0.2) is 17.4 Å². The fraction of sp³-hybridized carbons (Fsp3) is 0.375. The average molecular weight is 245 g/mol. The number of thiazole rings is 1. The van der Waals surface area contributed by atoms with Gasteiger partial charge in [-0.2, -0.15) is 0 Å². The number of hydrogen-bond donors (Lipinski definition) is 1. The van der Waals surface area contributed by atoms with Gasteiger partial charge in [0.05, 0.1) is 6.20 Å². The molecule has 0 saturated carbocycles. The van der Waals surface area contributed by atoms with Crippen LogP contribution in [0, 0.1) is 0 Å². The number of primary sulfonamides is 1. The number of rotatable bonds is 2. The Hall–Kier alpha value is -0.920. The molecule has 2 heterocycles. The molecule has 0 aromatic carbocycles. The third-order valence-corrected chi connectivity index (χ3v) is 4.24. The molecular formula is C8H11N3O2S2. The lowest BCUT2D eigenvalue weighted by Gasteiger charge is -1.97. The highest BCUT2D eigenvalue weighted by Gasteiger charge is 2.17. The van der Waals surface area contributed by atoms with Crippen LogP contribution >= 0.6 is 11.3 Å². The van der Waals surface area contributed by atoms with Crippen LogP contribution in [0.5, 0.6) is 0 Å². The van der Waals surface area contributed by atoms with E-state index in [-0.39, 0.29) is 5.03 Å². The first-order chi connectivity index (χ1) is 6.89. The van der Waals surface area contributed by atoms with Crippen LogP contribution in [0.2, 0.25) is 0 Å². The van der Waals surface area contributed by atoms with Gasteiger partial charge in [0.25, 0.3) is 10.0 Å². The summed E-state index contributed by atoms with van der Waals surface area (Å²) in [5.74, 6) is 0.352. The fourth-order valence-electron chi connectivity index (χ4n) is 1.26. The van der Waals surface area contributed by atoms with E-state index in [1.165, 1.54) is 21.9 Å². The number of sulfonamides is 1. The molecule has 0 fully saturated rings. The molecule has 2 aromatic rings. The molecule has 0 aliphatic carbocycles. The average Bonchev–Trinajstić information content (AvgIpc) is 2.56. The van der Waals surface area contributed by atoms with Crippen molar-refractivity contribution in [2.45, 2.75) is 24.8 Å². The van der Waals surface area contributed by atoms with Crippen molar-refractivity contribution in [1.29, 1.82) is 0 Å². The van der Waals surface area contributed by atoms with Crippen molar-refractivity contribution in [2.75, 3.05) is 0 Å². The van der Waals surface area contributed by atoms with E-state index in [2.05, 4.69) is 4.98 Å². The van der Waals surface area contributed by atoms with Crippen molar-refractivity contribution in [1.82, 2.24) is 9.38 Å². The van der Waals surface area contributed by atoms with Gasteiger partial charge in [-0.15, -0.1) is 11.3 Å². The van der Waals surface area contributed by atoms with Gasteiger partial charge >= 0.3 is 0 Å². The number of fused-ring (bicyclic) bond motifs is 1. The summed E-state index contributed by atoms with van der Waals surface area (Å²) in [6, 6.07) is 0. The Kier molecular flexibility index (Phi) is 2.32. The molecule has 15 heavy (non-hydrogen) atoms. The molecule has 82 valence electrons. The maximum absolute atomic E-state index is 11.2. The first-order valence-electron chi connectivity index (χ1n) is 4.39. The van der Waals surface area contributed by atoms with Gasteiger partial charge in [-0.05, 0) is 5.92 Å². The van der Waals surface area contributed by atoms with Crippen molar-refractivity contribution < 1.29 is 8.42 Å². The van der Waals surface area contributed by atoms with E-state index in [9.17, 15) is 8.42 Å². The number of imidazole rings is 1. The molecule has 0 radical (unpaired) electrons. The largest absolute Gasteiger partial charge is 0.280 e. The lowest BCUT2D eigenvalue weighted by atomic mass is 10.2. The SMILES string of the molecule is CC(C)c1cn2c(S(N)(=O)=O)cnc2s1. The summed E-state index contributed by atoms with van der Waals surface area (Å²) in [4.78, 5) is 5.75. The lowest BCUT2D eigenvalue weighted by Crippen LogP contribution is -2.14. The van der Waals surface area contributed by atoms with Gasteiger partial charge in [-0.25, -0.2) is 18.5 Å². The predicted octanol–water partition coefficient (Wildman–Crippen LogP) is 1.17. The van der Waals surface area contributed by atoms with Crippen LogP contribution in [0.25, 0.3) is 4.96 Å². The predicted molar refractivity (Wildman–Crippen MR) is 58.5 cm³/mol. The van der Waals surface area contributed by atoms with E-state index >= 15 is 0 Å². The molecule has 5 nitrogen and oxygen atoms in total. The molecule has 2 rings (SSSR count). The second kappa shape index (κ2) is 3.29. The van der Waals surface area contributed by atoms with Crippen molar-refractivity contribution in [3.05, 3.63) is 17.3 Å². The van der Waals surface area contributed by atoms with Crippen LogP contribution in [-0.2, 0) is 10.0 Å². The Labute approximate surface area is 91.6 Å². The van der Waals surface area contributed by atoms with Crippen LogP contribution in [0.3, 0.4) is 0 Å². The molecule has 0 saturated heterocycles. The van der Waals surface area contributed by atoms with E-state index in [0.717, 1.165) is 4.88 Å². The van der Waals surface area contributed by atoms with Crippen LogP contribution in [0.4, 0.5) is 0 Å². The number of nitrogens with two attached hydrogens (primary N) is 1. The maximum atomic E-state index is 11.2. The number of aromatic nitrogens is 2. The Morgan fingerprint density at radius 3 is 2.73 bits per heavy atom. The monoisotopic (exact) mass is 245 g/mol. The minimum atomic E-state index is -3.69. The summed E-state index contributed by atoms with van der Waals surface area (Å²) in [6.45, 7) is 4.09. The Morgan fingerprint density at radius 1 is 1.53 bits per heavy atom. The van der Waals surface area contributed by atoms with Crippen LogP contribution in [0.1, 0.15) is 24.6 Å². The van der Waals surface area contributed by atoms with E-state index < -0.39 is 10.0 Å².